The average Bonchev–Trinajstić information content (AvgIpc) is 2.48. The molecule has 0 atom stereocenters. The van der Waals surface area contributed by atoms with Crippen molar-refractivity contribution in [3.05, 3.63) is 9.88 Å². The molecular weight excluding hydrogens is 192 g/mol. The van der Waals surface area contributed by atoms with Crippen molar-refractivity contribution in [2.45, 2.75) is 45.4 Å². The first-order chi connectivity index (χ1) is 6.66. The van der Waals surface area contributed by atoms with Gasteiger partial charge in [0.25, 0.3) is 0 Å². The monoisotopic (exact) mass is 210 g/mol. The predicted octanol–water partition coefficient (Wildman–Crippen LogP) is 3.33. The van der Waals surface area contributed by atoms with Gasteiger partial charge in [-0.1, -0.05) is 19.8 Å². The molecule has 0 saturated heterocycles. The zero-order chi connectivity index (χ0) is 10.1. The number of aromatic nitrogens is 1. The van der Waals surface area contributed by atoms with Crippen LogP contribution >= 0.6 is 11.3 Å². The summed E-state index contributed by atoms with van der Waals surface area (Å²) in [6.45, 7) is 4.40. The summed E-state index contributed by atoms with van der Waals surface area (Å²) in [6, 6.07) is 0. The molecule has 2 N–H and O–H groups in total. The molecule has 3 heteroatoms. The SMILES string of the molecule is Cc1sc(C2CCC(C)CC2)nc1N. The summed E-state index contributed by atoms with van der Waals surface area (Å²) >= 11 is 1.79. The van der Waals surface area contributed by atoms with Crippen LogP contribution in [0, 0.1) is 12.8 Å². The van der Waals surface area contributed by atoms with E-state index in [1.165, 1.54) is 35.6 Å². The molecule has 0 amide bonds. The van der Waals surface area contributed by atoms with Crippen molar-refractivity contribution in [2.24, 2.45) is 5.92 Å². The summed E-state index contributed by atoms with van der Waals surface area (Å²) < 4.78 is 0. The molecule has 1 heterocycles. The summed E-state index contributed by atoms with van der Waals surface area (Å²) in [4.78, 5) is 5.63. The topological polar surface area (TPSA) is 38.9 Å². The van der Waals surface area contributed by atoms with Crippen molar-refractivity contribution in [3.8, 4) is 0 Å². The Morgan fingerprint density at radius 1 is 1.29 bits per heavy atom. The number of thiazole rings is 1. The molecule has 1 fully saturated rings. The van der Waals surface area contributed by atoms with Gasteiger partial charge in [0.2, 0.25) is 0 Å². The Hall–Kier alpha value is -0.570. The van der Waals surface area contributed by atoms with E-state index in [9.17, 15) is 0 Å². The van der Waals surface area contributed by atoms with E-state index in [4.69, 9.17) is 5.73 Å². The largest absolute Gasteiger partial charge is 0.383 e. The van der Waals surface area contributed by atoms with Gasteiger partial charge >= 0.3 is 0 Å². The van der Waals surface area contributed by atoms with E-state index >= 15 is 0 Å². The first kappa shape index (κ1) is 9.97. The molecule has 0 radical (unpaired) electrons. The molecule has 1 aliphatic carbocycles. The van der Waals surface area contributed by atoms with Crippen LogP contribution in [0.3, 0.4) is 0 Å². The third-order valence-corrected chi connectivity index (χ3v) is 4.36. The van der Waals surface area contributed by atoms with Gasteiger partial charge in [0.15, 0.2) is 0 Å². The molecule has 1 aromatic heterocycles. The molecule has 1 aromatic rings. The van der Waals surface area contributed by atoms with Crippen molar-refractivity contribution in [1.82, 2.24) is 4.98 Å². The van der Waals surface area contributed by atoms with Gasteiger partial charge in [-0.05, 0) is 25.7 Å². The van der Waals surface area contributed by atoms with Crippen molar-refractivity contribution >= 4 is 17.2 Å². The van der Waals surface area contributed by atoms with Crippen LogP contribution in [0.5, 0.6) is 0 Å². The van der Waals surface area contributed by atoms with Crippen LogP contribution in [-0.2, 0) is 0 Å². The number of aryl methyl sites for hydroxylation is 1. The van der Waals surface area contributed by atoms with Crippen LogP contribution in [0.1, 0.15) is 48.4 Å². The minimum atomic E-state index is 0.687. The number of hydrogen-bond donors (Lipinski definition) is 1. The number of nitrogens with two attached hydrogens (primary N) is 1. The third kappa shape index (κ3) is 1.92. The van der Waals surface area contributed by atoms with Gasteiger partial charge in [0, 0.05) is 10.8 Å². The molecule has 0 unspecified atom stereocenters. The number of nitrogen functional groups attached to an aromatic ring is 1. The van der Waals surface area contributed by atoms with Crippen LogP contribution in [0.25, 0.3) is 0 Å². The predicted molar refractivity (Wildman–Crippen MR) is 61.6 cm³/mol. The molecule has 0 bridgehead atoms. The first-order valence-corrected chi connectivity index (χ1v) is 6.21. The Morgan fingerprint density at radius 2 is 1.93 bits per heavy atom. The molecule has 0 aliphatic heterocycles. The van der Waals surface area contributed by atoms with E-state index in [-0.39, 0.29) is 0 Å². The van der Waals surface area contributed by atoms with Crippen LogP contribution < -0.4 is 5.73 Å². The van der Waals surface area contributed by atoms with Crippen LogP contribution in [0.4, 0.5) is 5.82 Å². The number of rotatable bonds is 1. The van der Waals surface area contributed by atoms with E-state index in [1.807, 2.05) is 0 Å². The fourth-order valence-electron chi connectivity index (χ4n) is 2.11. The van der Waals surface area contributed by atoms with Gasteiger partial charge in [-0.2, -0.15) is 0 Å². The minimum absolute atomic E-state index is 0.687. The number of anilines is 1. The molecule has 2 rings (SSSR count). The molecule has 2 nitrogen and oxygen atoms in total. The Labute approximate surface area is 89.5 Å². The van der Waals surface area contributed by atoms with E-state index in [2.05, 4.69) is 18.8 Å². The highest BCUT2D eigenvalue weighted by molar-refractivity contribution is 7.12. The highest BCUT2D eigenvalue weighted by Gasteiger charge is 2.22. The molecule has 0 aromatic carbocycles. The standard InChI is InChI=1S/C11H18N2S/c1-7-3-5-9(6-4-7)11-13-10(12)8(2)14-11/h7,9H,3-6,12H2,1-2H3. The fourth-order valence-corrected chi connectivity index (χ4v) is 3.12. The smallest absolute Gasteiger partial charge is 0.137 e. The highest BCUT2D eigenvalue weighted by atomic mass is 32.1. The van der Waals surface area contributed by atoms with E-state index in [0.717, 1.165) is 11.7 Å². The van der Waals surface area contributed by atoms with Crippen LogP contribution in [0.2, 0.25) is 0 Å². The lowest BCUT2D eigenvalue weighted by Gasteiger charge is -2.24. The van der Waals surface area contributed by atoms with Gasteiger partial charge in [-0.3, -0.25) is 0 Å². The van der Waals surface area contributed by atoms with E-state index in [0.29, 0.717) is 5.92 Å². The Bertz CT molecular complexity index is 292. The maximum Gasteiger partial charge on any atom is 0.137 e. The second kappa shape index (κ2) is 3.89. The van der Waals surface area contributed by atoms with E-state index in [1.54, 1.807) is 11.3 Å². The van der Waals surface area contributed by atoms with Gasteiger partial charge in [-0.15, -0.1) is 11.3 Å². The van der Waals surface area contributed by atoms with Crippen molar-refractivity contribution < 1.29 is 0 Å². The van der Waals surface area contributed by atoms with Gasteiger partial charge < -0.3 is 5.73 Å². The van der Waals surface area contributed by atoms with Gasteiger partial charge in [-0.25, -0.2) is 4.98 Å². The van der Waals surface area contributed by atoms with Crippen molar-refractivity contribution in [3.63, 3.8) is 0 Å². The summed E-state index contributed by atoms with van der Waals surface area (Å²) in [5.74, 6) is 2.33. The number of nitrogens with zero attached hydrogens (tertiary/aromatic N) is 1. The summed E-state index contributed by atoms with van der Waals surface area (Å²) in [5, 5.41) is 1.27. The minimum Gasteiger partial charge on any atom is -0.383 e. The van der Waals surface area contributed by atoms with Crippen molar-refractivity contribution in [2.75, 3.05) is 5.73 Å². The summed E-state index contributed by atoms with van der Waals surface area (Å²) in [6.07, 6.45) is 5.30. The normalized spacial score (nSPS) is 27.9. The maximum absolute atomic E-state index is 5.77. The summed E-state index contributed by atoms with van der Waals surface area (Å²) in [7, 11) is 0. The molecular formula is C11H18N2S. The molecule has 0 spiro atoms. The number of hydrogen-bond acceptors (Lipinski definition) is 3. The molecule has 14 heavy (non-hydrogen) atoms. The third-order valence-electron chi connectivity index (χ3n) is 3.21. The zero-order valence-electron chi connectivity index (χ0n) is 8.92. The van der Waals surface area contributed by atoms with Gasteiger partial charge in [0.1, 0.15) is 5.82 Å². The molecule has 1 saturated carbocycles. The molecule has 78 valence electrons. The highest BCUT2D eigenvalue weighted by Crippen LogP contribution is 2.38. The lowest BCUT2D eigenvalue weighted by molar-refractivity contribution is 0.347. The Kier molecular flexibility index (Phi) is 2.77. The zero-order valence-corrected chi connectivity index (χ0v) is 9.73. The quantitative estimate of drug-likeness (QED) is 0.772. The molecule has 1 aliphatic rings. The van der Waals surface area contributed by atoms with Crippen LogP contribution in [-0.4, -0.2) is 4.98 Å². The Balaban J connectivity index is 2.08. The van der Waals surface area contributed by atoms with E-state index < -0.39 is 0 Å². The summed E-state index contributed by atoms with van der Waals surface area (Å²) in [5.41, 5.74) is 5.77. The first-order valence-electron chi connectivity index (χ1n) is 5.39. The van der Waals surface area contributed by atoms with Crippen molar-refractivity contribution in [1.29, 1.82) is 0 Å². The van der Waals surface area contributed by atoms with Crippen LogP contribution in [0.15, 0.2) is 0 Å². The average molecular weight is 210 g/mol. The Morgan fingerprint density at radius 3 is 2.43 bits per heavy atom. The fraction of sp³-hybridized carbons (Fsp3) is 0.727. The lowest BCUT2D eigenvalue weighted by Crippen LogP contribution is -2.10. The lowest BCUT2D eigenvalue weighted by atomic mass is 9.83. The maximum atomic E-state index is 5.77. The van der Waals surface area contributed by atoms with Gasteiger partial charge in [0.05, 0.1) is 5.01 Å². The second-order valence-corrected chi connectivity index (χ2v) is 5.69. The second-order valence-electron chi connectivity index (χ2n) is 4.45.